The first-order valence-electron chi connectivity index (χ1n) is 11.6. The van der Waals surface area contributed by atoms with Crippen molar-refractivity contribution in [1.29, 1.82) is 0 Å². The Bertz CT molecular complexity index is 963. The normalized spacial score (nSPS) is 11.5. The molecule has 2 aromatic carbocycles. The van der Waals surface area contributed by atoms with Crippen LogP contribution in [0.1, 0.15) is 41.5 Å². The molecule has 192 valence electrons. The number of carbonyl (C=O) groups is 2. The predicted octanol–water partition coefficient (Wildman–Crippen LogP) is 5.05. The Morgan fingerprint density at radius 3 is 1.69 bits per heavy atom. The van der Waals surface area contributed by atoms with E-state index in [0.717, 1.165) is 5.69 Å². The number of rotatable bonds is 8. The molecule has 4 N–H and O–H groups in total. The monoisotopic (exact) mass is 486 g/mol. The minimum absolute atomic E-state index is 0.105. The summed E-state index contributed by atoms with van der Waals surface area (Å²) in [4.78, 5) is 28.5. The van der Waals surface area contributed by atoms with Gasteiger partial charge in [0.1, 0.15) is 17.8 Å². The lowest BCUT2D eigenvalue weighted by Gasteiger charge is -2.31. The number of nitrogen functional groups attached to an aromatic ring is 2. The number of benzene rings is 2. The van der Waals surface area contributed by atoms with E-state index in [1.807, 2.05) is 37.8 Å². The molecule has 1 amide bonds. The maximum absolute atomic E-state index is 13.0. The van der Waals surface area contributed by atoms with Gasteiger partial charge in [-0.1, -0.05) is 0 Å². The smallest absolute Gasteiger partial charge is 0.443 e. The molecule has 0 aliphatic heterocycles. The van der Waals surface area contributed by atoms with Gasteiger partial charge in [-0.3, -0.25) is 4.90 Å². The van der Waals surface area contributed by atoms with Crippen molar-refractivity contribution >= 4 is 35.0 Å². The molecular weight excluding hydrogens is 448 g/mol. The zero-order valence-electron chi connectivity index (χ0n) is 21.5. The number of nitrogens with two attached hydrogens (primary N) is 2. The van der Waals surface area contributed by atoms with Gasteiger partial charge in [0.05, 0.1) is 6.54 Å². The number of carbonyl (C=O) groups excluding carboxylic acids is 2. The lowest BCUT2D eigenvalue weighted by molar-refractivity contribution is -0.00597. The summed E-state index contributed by atoms with van der Waals surface area (Å²) in [6.45, 7) is 12.0. The number of amides is 1. The Morgan fingerprint density at radius 2 is 1.20 bits per heavy atom. The molecular formula is C26H38N4O5. The summed E-state index contributed by atoms with van der Waals surface area (Å²) in [6.07, 6.45) is -1.20. The first-order valence-corrected chi connectivity index (χ1v) is 11.6. The highest BCUT2D eigenvalue weighted by Crippen LogP contribution is 2.22. The van der Waals surface area contributed by atoms with Crippen LogP contribution in [0, 0.1) is 0 Å². The minimum Gasteiger partial charge on any atom is -0.443 e. The van der Waals surface area contributed by atoms with E-state index in [0.29, 0.717) is 36.7 Å². The Hall–Kier alpha value is -3.62. The van der Waals surface area contributed by atoms with Gasteiger partial charge in [0, 0.05) is 35.8 Å². The molecule has 0 spiro atoms. The van der Waals surface area contributed by atoms with Crippen LogP contribution in [0.4, 0.5) is 32.3 Å². The van der Waals surface area contributed by atoms with Crippen LogP contribution in [0.25, 0.3) is 0 Å². The number of hydrogen-bond acceptors (Lipinski definition) is 8. The fourth-order valence-electron chi connectivity index (χ4n) is 3.09. The van der Waals surface area contributed by atoms with Gasteiger partial charge in [0.15, 0.2) is 0 Å². The van der Waals surface area contributed by atoms with Gasteiger partial charge < -0.3 is 30.6 Å². The maximum atomic E-state index is 13.0. The molecule has 0 aliphatic rings. The minimum atomic E-state index is -0.730. The third kappa shape index (κ3) is 10.0. The number of ether oxygens (including phenoxy) is 3. The summed E-state index contributed by atoms with van der Waals surface area (Å²) in [5, 5.41) is 0. The van der Waals surface area contributed by atoms with Crippen LogP contribution in [0.5, 0.6) is 0 Å². The van der Waals surface area contributed by atoms with Crippen molar-refractivity contribution < 1.29 is 23.8 Å². The molecule has 35 heavy (non-hydrogen) atoms. The highest BCUT2D eigenvalue weighted by Gasteiger charge is 2.24. The van der Waals surface area contributed by atoms with Crippen molar-refractivity contribution in [1.82, 2.24) is 0 Å². The first kappa shape index (κ1) is 27.6. The highest BCUT2D eigenvalue weighted by atomic mass is 16.7. The molecule has 0 saturated heterocycles. The standard InChI is InChI=1S/C26H38N4O5/c1-25(2,3)34-23(31)30(22-13-9-20(28)10-14-22)16-15-29(21-11-7-19(27)8-12-21)17-18-33-24(32)35-26(4,5)6/h7-14H,15-18,27-28H2,1-6H3. The average molecular weight is 487 g/mol. The Balaban J connectivity index is 2.18. The van der Waals surface area contributed by atoms with Gasteiger partial charge in [-0.2, -0.15) is 0 Å². The lowest BCUT2D eigenvalue weighted by Crippen LogP contribution is -2.42. The van der Waals surface area contributed by atoms with E-state index in [2.05, 4.69) is 0 Å². The molecule has 0 bridgehead atoms. The zero-order chi connectivity index (χ0) is 26.2. The van der Waals surface area contributed by atoms with Gasteiger partial charge in [-0.25, -0.2) is 9.59 Å². The van der Waals surface area contributed by atoms with Gasteiger partial charge in [0.2, 0.25) is 0 Å². The first-order chi connectivity index (χ1) is 16.2. The summed E-state index contributed by atoms with van der Waals surface area (Å²) in [5.41, 5.74) is 13.2. The molecule has 9 heteroatoms. The Morgan fingerprint density at radius 1 is 0.714 bits per heavy atom. The second kappa shape index (κ2) is 11.7. The van der Waals surface area contributed by atoms with Crippen LogP contribution in [0.3, 0.4) is 0 Å². The van der Waals surface area contributed by atoms with Gasteiger partial charge >= 0.3 is 12.2 Å². The third-order valence-electron chi connectivity index (χ3n) is 4.64. The fourth-order valence-corrected chi connectivity index (χ4v) is 3.09. The second-order valence-electron chi connectivity index (χ2n) is 10.1. The predicted molar refractivity (Wildman–Crippen MR) is 140 cm³/mol. The summed E-state index contributed by atoms with van der Waals surface area (Å²) in [6, 6.07) is 14.4. The molecule has 2 rings (SSSR count). The molecule has 0 fully saturated rings. The Kier molecular flexibility index (Phi) is 9.22. The van der Waals surface area contributed by atoms with Gasteiger partial charge in [-0.05, 0) is 90.1 Å². The van der Waals surface area contributed by atoms with Crippen LogP contribution in [0.2, 0.25) is 0 Å². The number of anilines is 4. The van der Waals surface area contributed by atoms with E-state index in [4.69, 9.17) is 25.7 Å². The SMILES string of the molecule is CC(C)(C)OC(=O)OCCN(CCN(C(=O)OC(C)(C)C)c1ccc(N)cc1)c1ccc(N)cc1. The van der Waals surface area contributed by atoms with Crippen molar-refractivity contribution in [3.8, 4) is 0 Å². The second-order valence-corrected chi connectivity index (χ2v) is 10.1. The quantitative estimate of drug-likeness (QED) is 0.393. The van der Waals surface area contributed by atoms with Crippen LogP contribution in [0.15, 0.2) is 48.5 Å². The molecule has 0 atom stereocenters. The van der Waals surface area contributed by atoms with E-state index in [9.17, 15) is 9.59 Å². The van der Waals surface area contributed by atoms with Crippen LogP contribution >= 0.6 is 0 Å². The molecule has 0 aromatic heterocycles. The number of nitrogens with zero attached hydrogens (tertiary/aromatic N) is 2. The summed E-state index contributed by atoms with van der Waals surface area (Å²) in [5.74, 6) is 0. The van der Waals surface area contributed by atoms with E-state index in [-0.39, 0.29) is 6.61 Å². The van der Waals surface area contributed by atoms with E-state index < -0.39 is 23.5 Å². The molecule has 0 aliphatic carbocycles. The van der Waals surface area contributed by atoms with Gasteiger partial charge in [0.25, 0.3) is 0 Å². The highest BCUT2D eigenvalue weighted by molar-refractivity contribution is 5.88. The Labute approximate surface area is 207 Å². The van der Waals surface area contributed by atoms with Gasteiger partial charge in [-0.15, -0.1) is 0 Å². The van der Waals surface area contributed by atoms with E-state index >= 15 is 0 Å². The molecule has 0 unspecified atom stereocenters. The van der Waals surface area contributed by atoms with Crippen LogP contribution in [-0.2, 0) is 14.2 Å². The largest absolute Gasteiger partial charge is 0.508 e. The zero-order valence-corrected chi connectivity index (χ0v) is 21.5. The molecule has 0 radical (unpaired) electrons. The van der Waals surface area contributed by atoms with E-state index in [1.165, 1.54) is 0 Å². The van der Waals surface area contributed by atoms with Crippen molar-refractivity contribution in [2.45, 2.75) is 52.7 Å². The summed E-state index contributed by atoms with van der Waals surface area (Å²) >= 11 is 0. The van der Waals surface area contributed by atoms with Crippen LogP contribution < -0.4 is 21.3 Å². The van der Waals surface area contributed by atoms with Crippen molar-refractivity contribution in [2.75, 3.05) is 47.5 Å². The topological polar surface area (TPSA) is 120 Å². The maximum Gasteiger partial charge on any atom is 0.508 e. The van der Waals surface area contributed by atoms with Crippen molar-refractivity contribution in [3.63, 3.8) is 0 Å². The molecule has 0 heterocycles. The molecule has 0 saturated carbocycles. The van der Waals surface area contributed by atoms with E-state index in [1.54, 1.807) is 62.1 Å². The van der Waals surface area contributed by atoms with Crippen molar-refractivity contribution in [3.05, 3.63) is 48.5 Å². The summed E-state index contributed by atoms with van der Waals surface area (Å²) in [7, 11) is 0. The van der Waals surface area contributed by atoms with Crippen molar-refractivity contribution in [2.24, 2.45) is 0 Å². The third-order valence-corrected chi connectivity index (χ3v) is 4.64. The summed E-state index contributed by atoms with van der Waals surface area (Å²) < 4.78 is 16.1. The number of hydrogen-bond donors (Lipinski definition) is 2. The molecule has 2 aromatic rings. The average Bonchev–Trinajstić information content (AvgIpc) is 2.72. The lowest BCUT2D eigenvalue weighted by atomic mass is 10.2. The molecule has 9 nitrogen and oxygen atoms in total. The van der Waals surface area contributed by atoms with Crippen LogP contribution in [-0.4, -0.2) is 49.7 Å². The fraction of sp³-hybridized carbons (Fsp3) is 0.462.